The second kappa shape index (κ2) is 5.50. The molecule has 2 heterocycles. The van der Waals surface area contributed by atoms with Gasteiger partial charge in [-0.1, -0.05) is 13.8 Å². The summed E-state index contributed by atoms with van der Waals surface area (Å²) in [6, 6.07) is 4.27. The van der Waals surface area contributed by atoms with Gasteiger partial charge in [0, 0.05) is 18.8 Å². The number of hydrogen-bond acceptors (Lipinski definition) is 3. The lowest BCUT2D eigenvalue weighted by atomic mass is 10.1. The predicted molar refractivity (Wildman–Crippen MR) is 70.4 cm³/mol. The molecule has 1 aliphatic heterocycles. The molecule has 1 aromatic rings. The Balaban J connectivity index is 2.06. The average Bonchev–Trinajstić information content (AvgIpc) is 2.54. The smallest absolute Gasteiger partial charge is 0.0557 e. The predicted octanol–water partition coefficient (Wildman–Crippen LogP) is 2.56. The van der Waals surface area contributed by atoms with Crippen LogP contribution in [0.15, 0.2) is 18.3 Å². The molecule has 1 fully saturated rings. The van der Waals surface area contributed by atoms with Crippen LogP contribution in [0, 0.1) is 0 Å². The van der Waals surface area contributed by atoms with E-state index >= 15 is 0 Å². The third-order valence-electron chi connectivity index (χ3n) is 3.43. The van der Waals surface area contributed by atoms with Gasteiger partial charge in [-0.2, -0.15) is 0 Å². The van der Waals surface area contributed by atoms with Gasteiger partial charge in [0.1, 0.15) is 0 Å². The van der Waals surface area contributed by atoms with Crippen molar-refractivity contribution in [3.05, 3.63) is 24.0 Å². The zero-order chi connectivity index (χ0) is 12.3. The van der Waals surface area contributed by atoms with Crippen molar-refractivity contribution in [2.45, 2.75) is 45.1 Å². The van der Waals surface area contributed by atoms with Gasteiger partial charge in [0.05, 0.1) is 18.0 Å². The fourth-order valence-corrected chi connectivity index (χ4v) is 2.26. The Bertz CT molecular complexity index is 348. The number of nitrogens with zero attached hydrogens (tertiary/aromatic N) is 2. The molecule has 3 nitrogen and oxygen atoms in total. The molecule has 0 amide bonds. The van der Waals surface area contributed by atoms with Gasteiger partial charge in [-0.05, 0) is 37.3 Å². The normalized spacial score (nSPS) is 21.6. The molecule has 1 aliphatic rings. The summed E-state index contributed by atoms with van der Waals surface area (Å²) in [5.74, 6) is 0.481. The highest BCUT2D eigenvalue weighted by molar-refractivity contribution is 5.44. The third-order valence-corrected chi connectivity index (χ3v) is 3.43. The van der Waals surface area contributed by atoms with Crippen LogP contribution in [-0.2, 0) is 0 Å². The monoisotopic (exact) mass is 234 g/mol. The maximum absolute atomic E-state index is 9.63. The molecule has 1 N–H and O–H groups in total. The fourth-order valence-electron chi connectivity index (χ4n) is 2.26. The quantitative estimate of drug-likeness (QED) is 0.854. The molecule has 0 aromatic carbocycles. The molecule has 1 unspecified atom stereocenters. The van der Waals surface area contributed by atoms with Crippen molar-refractivity contribution in [3.8, 4) is 0 Å². The SMILES string of the molecule is CC(C)c1ccc(N2CCCC(O)CC2)cn1. The van der Waals surface area contributed by atoms with E-state index in [-0.39, 0.29) is 6.10 Å². The zero-order valence-electron chi connectivity index (χ0n) is 10.8. The van der Waals surface area contributed by atoms with E-state index in [1.165, 1.54) is 5.69 Å². The number of rotatable bonds is 2. The second-order valence-electron chi connectivity index (χ2n) is 5.17. The Labute approximate surface area is 103 Å². The highest BCUT2D eigenvalue weighted by atomic mass is 16.3. The van der Waals surface area contributed by atoms with E-state index in [1.807, 2.05) is 6.20 Å². The lowest BCUT2D eigenvalue weighted by Crippen LogP contribution is -2.24. The number of aromatic nitrogens is 1. The summed E-state index contributed by atoms with van der Waals surface area (Å²) in [6.07, 6.45) is 4.70. The first-order chi connectivity index (χ1) is 8.16. The van der Waals surface area contributed by atoms with E-state index in [0.717, 1.165) is 38.0 Å². The maximum Gasteiger partial charge on any atom is 0.0557 e. The molecule has 0 bridgehead atoms. The van der Waals surface area contributed by atoms with Crippen molar-refractivity contribution in [1.82, 2.24) is 4.98 Å². The molecule has 0 aliphatic carbocycles. The third kappa shape index (κ3) is 3.19. The Kier molecular flexibility index (Phi) is 4.00. The molecular weight excluding hydrogens is 212 g/mol. The number of aliphatic hydroxyl groups excluding tert-OH is 1. The van der Waals surface area contributed by atoms with Crippen molar-refractivity contribution in [2.24, 2.45) is 0 Å². The molecule has 1 atom stereocenters. The number of pyridine rings is 1. The van der Waals surface area contributed by atoms with Crippen LogP contribution in [0.5, 0.6) is 0 Å². The van der Waals surface area contributed by atoms with Gasteiger partial charge < -0.3 is 10.0 Å². The molecule has 0 saturated carbocycles. The highest BCUT2D eigenvalue weighted by Crippen LogP contribution is 2.20. The van der Waals surface area contributed by atoms with Crippen LogP contribution in [-0.4, -0.2) is 29.3 Å². The van der Waals surface area contributed by atoms with Gasteiger partial charge in [-0.3, -0.25) is 4.98 Å². The van der Waals surface area contributed by atoms with Crippen LogP contribution in [0.4, 0.5) is 5.69 Å². The van der Waals surface area contributed by atoms with Crippen LogP contribution in [0.1, 0.15) is 44.7 Å². The minimum absolute atomic E-state index is 0.122. The fraction of sp³-hybridized carbons (Fsp3) is 0.643. The Morgan fingerprint density at radius 3 is 2.76 bits per heavy atom. The van der Waals surface area contributed by atoms with Crippen molar-refractivity contribution in [1.29, 1.82) is 0 Å². The van der Waals surface area contributed by atoms with Gasteiger partial charge in [0.25, 0.3) is 0 Å². The van der Waals surface area contributed by atoms with Crippen molar-refractivity contribution >= 4 is 5.69 Å². The Morgan fingerprint density at radius 1 is 1.29 bits per heavy atom. The van der Waals surface area contributed by atoms with Crippen molar-refractivity contribution in [3.63, 3.8) is 0 Å². The molecule has 2 rings (SSSR count). The molecule has 1 saturated heterocycles. The summed E-state index contributed by atoms with van der Waals surface area (Å²) in [6.45, 7) is 6.28. The lowest BCUT2D eigenvalue weighted by Gasteiger charge is -2.22. The zero-order valence-corrected chi connectivity index (χ0v) is 10.8. The molecule has 0 radical (unpaired) electrons. The van der Waals surface area contributed by atoms with Crippen LogP contribution >= 0.6 is 0 Å². The molecule has 94 valence electrons. The van der Waals surface area contributed by atoms with Gasteiger partial charge in [0.2, 0.25) is 0 Å². The standard InChI is InChI=1S/C14H22N2O/c1-11(2)14-6-5-12(10-15-14)16-8-3-4-13(17)7-9-16/h5-6,10-11,13,17H,3-4,7-9H2,1-2H3. The second-order valence-corrected chi connectivity index (χ2v) is 5.17. The van der Waals surface area contributed by atoms with E-state index in [1.54, 1.807) is 0 Å². The largest absolute Gasteiger partial charge is 0.393 e. The van der Waals surface area contributed by atoms with E-state index in [9.17, 15) is 5.11 Å². The first-order valence-electron chi connectivity index (χ1n) is 6.56. The summed E-state index contributed by atoms with van der Waals surface area (Å²) in [5.41, 5.74) is 2.33. The molecule has 0 spiro atoms. The summed E-state index contributed by atoms with van der Waals surface area (Å²) in [4.78, 5) is 6.83. The number of anilines is 1. The van der Waals surface area contributed by atoms with E-state index in [2.05, 4.69) is 35.9 Å². The highest BCUT2D eigenvalue weighted by Gasteiger charge is 2.15. The van der Waals surface area contributed by atoms with E-state index in [4.69, 9.17) is 0 Å². The first kappa shape index (κ1) is 12.4. The molecule has 17 heavy (non-hydrogen) atoms. The molecular formula is C14H22N2O. The Hall–Kier alpha value is -1.09. The molecule has 1 aromatic heterocycles. The summed E-state index contributed by atoms with van der Waals surface area (Å²) < 4.78 is 0. The van der Waals surface area contributed by atoms with Crippen molar-refractivity contribution in [2.75, 3.05) is 18.0 Å². The Morgan fingerprint density at radius 2 is 2.12 bits per heavy atom. The van der Waals surface area contributed by atoms with Gasteiger partial charge in [-0.25, -0.2) is 0 Å². The lowest BCUT2D eigenvalue weighted by molar-refractivity contribution is 0.161. The van der Waals surface area contributed by atoms with Crippen LogP contribution < -0.4 is 4.90 Å². The maximum atomic E-state index is 9.63. The summed E-state index contributed by atoms with van der Waals surface area (Å²) >= 11 is 0. The van der Waals surface area contributed by atoms with Gasteiger partial charge in [0.15, 0.2) is 0 Å². The van der Waals surface area contributed by atoms with Crippen molar-refractivity contribution < 1.29 is 5.11 Å². The summed E-state index contributed by atoms with van der Waals surface area (Å²) in [7, 11) is 0. The van der Waals surface area contributed by atoms with Crippen LogP contribution in [0.2, 0.25) is 0 Å². The van der Waals surface area contributed by atoms with Gasteiger partial charge >= 0.3 is 0 Å². The van der Waals surface area contributed by atoms with E-state index in [0.29, 0.717) is 5.92 Å². The number of hydrogen-bond donors (Lipinski definition) is 1. The van der Waals surface area contributed by atoms with Crippen LogP contribution in [0.25, 0.3) is 0 Å². The minimum Gasteiger partial charge on any atom is -0.393 e. The first-order valence-corrected chi connectivity index (χ1v) is 6.56. The number of aliphatic hydroxyl groups is 1. The average molecular weight is 234 g/mol. The minimum atomic E-state index is -0.122. The topological polar surface area (TPSA) is 36.4 Å². The summed E-state index contributed by atoms with van der Waals surface area (Å²) in [5, 5.41) is 9.63. The van der Waals surface area contributed by atoms with Crippen LogP contribution in [0.3, 0.4) is 0 Å². The van der Waals surface area contributed by atoms with Gasteiger partial charge in [-0.15, -0.1) is 0 Å². The molecule has 3 heteroatoms. The van der Waals surface area contributed by atoms with E-state index < -0.39 is 0 Å².